The standard InChI is InChI=1S/C42H44N2O10/c1-7-49-35(45)23-53-33-21-31-37(41(47)51-9-3)25(5)43(39(31)29-17-13-11-15-27(29)33)19-20-44-26(6)38(42(48)52-10-4)32-22-34(54-24-36(46)50-8-2)28-16-12-14-18-30(28)40(32)44/h11-18,21-22H,7-10,19-20,23-24H2,1-6H3. The zero-order valence-corrected chi connectivity index (χ0v) is 31.4. The summed E-state index contributed by atoms with van der Waals surface area (Å²) < 4.78 is 37.4. The summed E-state index contributed by atoms with van der Waals surface area (Å²) in [7, 11) is 0. The van der Waals surface area contributed by atoms with Gasteiger partial charge in [0.25, 0.3) is 0 Å². The van der Waals surface area contributed by atoms with Crippen LogP contribution < -0.4 is 9.47 Å². The highest BCUT2D eigenvalue weighted by Crippen LogP contribution is 2.41. The highest BCUT2D eigenvalue weighted by atomic mass is 16.6. The van der Waals surface area contributed by atoms with Gasteiger partial charge in [-0.05, 0) is 53.7 Å². The molecule has 12 heteroatoms. The van der Waals surface area contributed by atoms with Gasteiger partial charge in [-0.3, -0.25) is 0 Å². The van der Waals surface area contributed by atoms with Crippen LogP contribution in [0.2, 0.25) is 0 Å². The molecule has 0 saturated heterocycles. The number of fused-ring (bicyclic) bond motifs is 6. The topological polar surface area (TPSA) is 134 Å². The summed E-state index contributed by atoms with van der Waals surface area (Å²) in [6.45, 7) is 11.8. The predicted molar refractivity (Wildman–Crippen MR) is 205 cm³/mol. The number of aromatic nitrogens is 2. The van der Waals surface area contributed by atoms with E-state index in [9.17, 15) is 19.2 Å². The maximum Gasteiger partial charge on any atom is 0.344 e. The lowest BCUT2D eigenvalue weighted by atomic mass is 10.0. The number of hydrogen-bond acceptors (Lipinski definition) is 10. The average Bonchev–Trinajstić information content (AvgIpc) is 3.61. The molecule has 6 rings (SSSR count). The van der Waals surface area contributed by atoms with Crippen LogP contribution in [0.15, 0.2) is 60.7 Å². The molecule has 0 saturated carbocycles. The normalized spacial score (nSPS) is 11.3. The van der Waals surface area contributed by atoms with Gasteiger partial charge in [0.1, 0.15) is 11.5 Å². The minimum absolute atomic E-state index is 0.189. The van der Waals surface area contributed by atoms with Gasteiger partial charge < -0.3 is 37.6 Å². The summed E-state index contributed by atoms with van der Waals surface area (Å²) >= 11 is 0. The van der Waals surface area contributed by atoms with E-state index in [1.165, 1.54) is 0 Å². The largest absolute Gasteiger partial charge is 0.481 e. The van der Waals surface area contributed by atoms with Gasteiger partial charge in [-0.1, -0.05) is 48.5 Å². The molecule has 0 unspecified atom stereocenters. The number of esters is 4. The zero-order valence-electron chi connectivity index (χ0n) is 31.4. The number of rotatable bonds is 15. The van der Waals surface area contributed by atoms with Crippen LogP contribution in [0, 0.1) is 13.8 Å². The van der Waals surface area contributed by atoms with Crippen molar-refractivity contribution >= 4 is 67.2 Å². The van der Waals surface area contributed by atoms with Gasteiger partial charge in [0, 0.05) is 56.8 Å². The Morgan fingerprint density at radius 1 is 0.500 bits per heavy atom. The van der Waals surface area contributed by atoms with Crippen LogP contribution in [0.5, 0.6) is 11.5 Å². The van der Waals surface area contributed by atoms with E-state index in [4.69, 9.17) is 28.4 Å². The molecule has 2 aromatic heterocycles. The molecule has 0 radical (unpaired) electrons. The lowest BCUT2D eigenvalue weighted by Crippen LogP contribution is -2.14. The van der Waals surface area contributed by atoms with Crippen LogP contribution in [0.3, 0.4) is 0 Å². The Morgan fingerprint density at radius 2 is 0.852 bits per heavy atom. The smallest absolute Gasteiger partial charge is 0.344 e. The molecule has 2 heterocycles. The Labute approximate surface area is 312 Å². The number of carbonyl (C=O) groups is 4. The van der Waals surface area contributed by atoms with Crippen molar-refractivity contribution in [2.45, 2.75) is 54.6 Å². The molecule has 0 N–H and O–H groups in total. The summed E-state index contributed by atoms with van der Waals surface area (Å²) in [5.74, 6) is -1.07. The highest BCUT2D eigenvalue weighted by molar-refractivity contribution is 6.17. The molecule has 4 aromatic carbocycles. The molecular formula is C42H44N2O10. The van der Waals surface area contributed by atoms with Crippen molar-refractivity contribution in [3.8, 4) is 11.5 Å². The van der Waals surface area contributed by atoms with Crippen molar-refractivity contribution in [2.75, 3.05) is 39.6 Å². The molecule has 0 atom stereocenters. The Balaban J connectivity index is 1.53. The van der Waals surface area contributed by atoms with Crippen molar-refractivity contribution in [3.05, 3.63) is 83.2 Å². The van der Waals surface area contributed by atoms with Crippen LogP contribution in [0.25, 0.3) is 43.4 Å². The van der Waals surface area contributed by atoms with E-state index in [2.05, 4.69) is 9.13 Å². The first kappa shape index (κ1) is 37.7. The molecule has 54 heavy (non-hydrogen) atoms. The van der Waals surface area contributed by atoms with Crippen LogP contribution in [-0.2, 0) is 41.6 Å². The van der Waals surface area contributed by atoms with Crippen LogP contribution in [-0.4, -0.2) is 72.7 Å². The molecule has 0 spiro atoms. The minimum Gasteiger partial charge on any atom is -0.481 e. The molecule has 282 valence electrons. The zero-order chi connectivity index (χ0) is 38.5. The number of benzene rings is 4. The molecule has 0 bridgehead atoms. The number of ether oxygens (including phenoxy) is 6. The minimum atomic E-state index is -0.497. The van der Waals surface area contributed by atoms with Gasteiger partial charge in [0.05, 0.1) is 48.6 Å². The first-order valence-corrected chi connectivity index (χ1v) is 18.1. The second kappa shape index (κ2) is 16.3. The number of nitrogens with zero attached hydrogens (tertiary/aromatic N) is 2. The van der Waals surface area contributed by atoms with Crippen LogP contribution in [0.1, 0.15) is 59.8 Å². The summed E-state index contributed by atoms with van der Waals surface area (Å²) in [5.41, 5.74) is 3.77. The fraction of sp³-hybridized carbons (Fsp3) is 0.333. The van der Waals surface area contributed by atoms with Crippen molar-refractivity contribution in [3.63, 3.8) is 0 Å². The van der Waals surface area contributed by atoms with Gasteiger partial charge in [0.2, 0.25) is 0 Å². The van der Waals surface area contributed by atoms with E-state index in [0.717, 1.165) is 32.6 Å². The molecule has 0 aliphatic carbocycles. The van der Waals surface area contributed by atoms with Crippen molar-refractivity contribution in [1.29, 1.82) is 0 Å². The highest BCUT2D eigenvalue weighted by Gasteiger charge is 2.27. The van der Waals surface area contributed by atoms with Crippen molar-refractivity contribution < 1.29 is 47.6 Å². The quantitative estimate of drug-likeness (QED) is 0.0773. The molecule has 0 aliphatic heterocycles. The molecule has 0 fully saturated rings. The van der Waals surface area contributed by atoms with E-state index < -0.39 is 23.9 Å². The summed E-state index contributed by atoms with van der Waals surface area (Å²) in [6, 6.07) is 18.9. The van der Waals surface area contributed by atoms with Gasteiger partial charge in [-0.2, -0.15) is 0 Å². The van der Waals surface area contributed by atoms with Gasteiger partial charge in [-0.25, -0.2) is 19.2 Å². The molecule has 12 nitrogen and oxygen atoms in total. The Kier molecular flexibility index (Phi) is 11.4. The Bertz CT molecular complexity index is 2240. The maximum absolute atomic E-state index is 13.6. The monoisotopic (exact) mass is 736 g/mol. The Hall–Kier alpha value is -6.04. The second-order valence-corrected chi connectivity index (χ2v) is 12.5. The fourth-order valence-corrected chi connectivity index (χ4v) is 7.21. The lowest BCUT2D eigenvalue weighted by Gasteiger charge is -2.16. The number of carbonyl (C=O) groups excluding carboxylic acids is 4. The molecule has 0 aliphatic rings. The maximum atomic E-state index is 13.6. The fourth-order valence-electron chi connectivity index (χ4n) is 7.21. The van der Waals surface area contributed by atoms with E-state index in [0.29, 0.717) is 57.9 Å². The molecule has 6 aromatic rings. The summed E-state index contributed by atoms with van der Waals surface area (Å²) in [6.07, 6.45) is 0. The second-order valence-electron chi connectivity index (χ2n) is 12.5. The third-order valence-electron chi connectivity index (χ3n) is 9.38. The lowest BCUT2D eigenvalue weighted by molar-refractivity contribution is -0.146. The van der Waals surface area contributed by atoms with Gasteiger partial charge in [-0.15, -0.1) is 0 Å². The van der Waals surface area contributed by atoms with Crippen LogP contribution in [0.4, 0.5) is 0 Å². The van der Waals surface area contributed by atoms with E-state index >= 15 is 0 Å². The van der Waals surface area contributed by atoms with E-state index in [1.54, 1.807) is 39.8 Å². The van der Waals surface area contributed by atoms with Crippen molar-refractivity contribution in [2.24, 2.45) is 0 Å². The summed E-state index contributed by atoms with van der Waals surface area (Å²) in [5, 5.41) is 4.41. The first-order valence-electron chi connectivity index (χ1n) is 18.1. The molecular weight excluding hydrogens is 692 g/mol. The summed E-state index contributed by atoms with van der Waals surface area (Å²) in [4.78, 5) is 51.7. The van der Waals surface area contributed by atoms with E-state index in [1.807, 2.05) is 62.4 Å². The number of aryl methyl sites for hydroxylation is 2. The third kappa shape index (κ3) is 7.03. The SMILES string of the molecule is CCOC(=O)COc1cc2c(C(=O)OCC)c(C)n(CCn3c(C)c(C(=O)OCC)c4cc(OCC(=O)OCC)c5ccccc5c43)c2c2ccccc12. The first-order chi connectivity index (χ1) is 26.1. The Morgan fingerprint density at radius 3 is 1.20 bits per heavy atom. The van der Waals surface area contributed by atoms with Crippen molar-refractivity contribution in [1.82, 2.24) is 9.13 Å². The number of hydrogen-bond donors (Lipinski definition) is 0. The van der Waals surface area contributed by atoms with Gasteiger partial charge in [0.15, 0.2) is 13.2 Å². The molecule has 0 amide bonds. The average molecular weight is 737 g/mol. The predicted octanol–water partition coefficient (Wildman–Crippen LogP) is 7.46. The van der Waals surface area contributed by atoms with Crippen LogP contribution >= 0.6 is 0 Å². The van der Waals surface area contributed by atoms with Gasteiger partial charge >= 0.3 is 23.9 Å². The third-order valence-corrected chi connectivity index (χ3v) is 9.38. The van der Waals surface area contributed by atoms with E-state index in [-0.39, 0.29) is 39.6 Å².